The third kappa shape index (κ3) is 5.57. The van der Waals surface area contributed by atoms with E-state index in [1.807, 2.05) is 6.20 Å². The van der Waals surface area contributed by atoms with Crippen LogP contribution >= 0.6 is 0 Å². The van der Waals surface area contributed by atoms with Crippen molar-refractivity contribution in [3.63, 3.8) is 0 Å². The fraction of sp³-hybridized carbons (Fsp3) is 0.667. The molecule has 1 N–H and O–H groups in total. The first kappa shape index (κ1) is 15.9. The molecule has 1 aromatic rings. The maximum Gasteiger partial charge on any atom is 0.0572 e. The molecule has 0 radical (unpaired) electrons. The second-order valence-electron chi connectivity index (χ2n) is 4.88. The molecule has 1 unspecified atom stereocenters. The van der Waals surface area contributed by atoms with Crippen LogP contribution in [0, 0.1) is 0 Å². The number of hydrogen-bond acceptors (Lipinski definition) is 4. The van der Waals surface area contributed by atoms with E-state index in [2.05, 4.69) is 48.2 Å². The van der Waals surface area contributed by atoms with Crippen molar-refractivity contribution in [2.75, 3.05) is 38.8 Å². The van der Waals surface area contributed by atoms with Crippen LogP contribution in [-0.4, -0.2) is 38.8 Å². The first-order valence-corrected chi connectivity index (χ1v) is 7.08. The van der Waals surface area contributed by atoms with Crippen molar-refractivity contribution in [2.24, 2.45) is 0 Å². The molecule has 0 aliphatic rings. The Balaban J connectivity index is 2.50. The van der Waals surface area contributed by atoms with Crippen LogP contribution in [0.25, 0.3) is 0 Å². The number of methoxy groups -OCH3 is 1. The zero-order valence-corrected chi connectivity index (χ0v) is 12.6. The molecule has 0 aliphatic carbocycles. The largest absolute Gasteiger partial charge is 0.385 e. The van der Waals surface area contributed by atoms with Gasteiger partial charge in [0, 0.05) is 33.4 Å². The lowest BCUT2D eigenvalue weighted by molar-refractivity contribution is 0.196. The summed E-state index contributed by atoms with van der Waals surface area (Å²) in [6, 6.07) is 4.56. The SMILES string of the molecule is CCCNC(C)c1ccc(N(C)CCCOC)cn1. The maximum atomic E-state index is 5.07. The van der Waals surface area contributed by atoms with E-state index in [1.165, 1.54) is 0 Å². The van der Waals surface area contributed by atoms with E-state index in [-0.39, 0.29) is 0 Å². The molecular formula is C15H27N3O. The average molecular weight is 265 g/mol. The standard InChI is InChI=1S/C15H27N3O/c1-5-9-16-13(2)15-8-7-14(12-17-15)18(3)10-6-11-19-4/h7-8,12-13,16H,5-6,9-11H2,1-4H3. The highest BCUT2D eigenvalue weighted by Gasteiger charge is 2.07. The van der Waals surface area contributed by atoms with E-state index in [4.69, 9.17) is 4.74 Å². The number of hydrogen-bond donors (Lipinski definition) is 1. The smallest absolute Gasteiger partial charge is 0.0572 e. The number of ether oxygens (including phenoxy) is 1. The van der Waals surface area contributed by atoms with Gasteiger partial charge in [-0.25, -0.2) is 0 Å². The molecular weight excluding hydrogens is 238 g/mol. The van der Waals surface area contributed by atoms with E-state index >= 15 is 0 Å². The van der Waals surface area contributed by atoms with Gasteiger partial charge >= 0.3 is 0 Å². The third-order valence-electron chi connectivity index (χ3n) is 3.20. The first-order valence-electron chi connectivity index (χ1n) is 7.08. The Morgan fingerprint density at radius 2 is 2.21 bits per heavy atom. The van der Waals surface area contributed by atoms with Gasteiger partial charge in [0.1, 0.15) is 0 Å². The Hall–Kier alpha value is -1.13. The van der Waals surface area contributed by atoms with E-state index in [1.54, 1.807) is 7.11 Å². The predicted molar refractivity (Wildman–Crippen MR) is 80.7 cm³/mol. The number of anilines is 1. The summed E-state index contributed by atoms with van der Waals surface area (Å²) >= 11 is 0. The van der Waals surface area contributed by atoms with Gasteiger partial charge < -0.3 is 15.0 Å². The van der Waals surface area contributed by atoms with Gasteiger partial charge in [-0.1, -0.05) is 6.92 Å². The van der Waals surface area contributed by atoms with Crippen molar-refractivity contribution in [1.29, 1.82) is 0 Å². The van der Waals surface area contributed by atoms with Crippen LogP contribution in [0.4, 0.5) is 5.69 Å². The van der Waals surface area contributed by atoms with Crippen molar-refractivity contribution in [1.82, 2.24) is 10.3 Å². The molecule has 0 spiro atoms. The fourth-order valence-electron chi connectivity index (χ4n) is 1.92. The molecule has 1 atom stereocenters. The molecule has 1 heterocycles. The lowest BCUT2D eigenvalue weighted by Gasteiger charge is -2.20. The molecule has 0 aromatic carbocycles. The van der Waals surface area contributed by atoms with Gasteiger partial charge in [0.25, 0.3) is 0 Å². The Kier molecular flexibility index (Phi) is 7.45. The molecule has 108 valence electrons. The summed E-state index contributed by atoms with van der Waals surface area (Å²) in [5.41, 5.74) is 2.25. The molecule has 4 heteroatoms. The van der Waals surface area contributed by atoms with Crippen LogP contribution in [-0.2, 0) is 4.74 Å². The molecule has 0 saturated heterocycles. The van der Waals surface area contributed by atoms with Crippen LogP contribution in [0.3, 0.4) is 0 Å². The molecule has 0 saturated carbocycles. The number of rotatable bonds is 9. The highest BCUT2D eigenvalue weighted by Crippen LogP contribution is 2.15. The lowest BCUT2D eigenvalue weighted by atomic mass is 10.2. The van der Waals surface area contributed by atoms with Gasteiger partial charge in [-0.2, -0.15) is 0 Å². The molecule has 1 rings (SSSR count). The predicted octanol–water partition coefficient (Wildman–Crippen LogP) is 2.61. The van der Waals surface area contributed by atoms with Gasteiger partial charge in [0.15, 0.2) is 0 Å². The molecule has 0 bridgehead atoms. The van der Waals surface area contributed by atoms with Gasteiger partial charge in [-0.05, 0) is 38.4 Å². The van der Waals surface area contributed by atoms with E-state index in [9.17, 15) is 0 Å². The van der Waals surface area contributed by atoms with Gasteiger partial charge in [-0.3, -0.25) is 4.98 Å². The number of nitrogens with zero attached hydrogens (tertiary/aromatic N) is 2. The summed E-state index contributed by atoms with van der Waals surface area (Å²) < 4.78 is 5.07. The van der Waals surface area contributed by atoms with Crippen LogP contribution in [0.1, 0.15) is 38.4 Å². The van der Waals surface area contributed by atoms with Gasteiger partial charge in [-0.15, -0.1) is 0 Å². The van der Waals surface area contributed by atoms with Crippen molar-refractivity contribution < 1.29 is 4.74 Å². The zero-order valence-electron chi connectivity index (χ0n) is 12.6. The highest BCUT2D eigenvalue weighted by atomic mass is 16.5. The van der Waals surface area contributed by atoms with Crippen molar-refractivity contribution in [2.45, 2.75) is 32.7 Å². The van der Waals surface area contributed by atoms with Crippen LogP contribution in [0.2, 0.25) is 0 Å². The first-order chi connectivity index (χ1) is 9.19. The maximum absolute atomic E-state index is 5.07. The molecule has 1 aromatic heterocycles. The second-order valence-corrected chi connectivity index (χ2v) is 4.88. The summed E-state index contributed by atoms with van der Waals surface area (Å²) in [5.74, 6) is 0. The van der Waals surface area contributed by atoms with Gasteiger partial charge in [0.05, 0.1) is 17.6 Å². The fourth-order valence-corrected chi connectivity index (χ4v) is 1.92. The van der Waals surface area contributed by atoms with Crippen molar-refractivity contribution in [3.8, 4) is 0 Å². The summed E-state index contributed by atoms with van der Waals surface area (Å²) in [5, 5.41) is 3.45. The van der Waals surface area contributed by atoms with Crippen molar-refractivity contribution >= 4 is 5.69 Å². The zero-order chi connectivity index (χ0) is 14.1. The Labute approximate surface area is 117 Å². The summed E-state index contributed by atoms with van der Waals surface area (Å²) in [4.78, 5) is 6.75. The van der Waals surface area contributed by atoms with Gasteiger partial charge in [0.2, 0.25) is 0 Å². The van der Waals surface area contributed by atoms with E-state index in [0.717, 1.165) is 43.9 Å². The molecule has 0 amide bonds. The Morgan fingerprint density at radius 1 is 1.42 bits per heavy atom. The van der Waals surface area contributed by atoms with Crippen LogP contribution in [0.5, 0.6) is 0 Å². The average Bonchev–Trinajstić information content (AvgIpc) is 2.45. The normalized spacial score (nSPS) is 12.4. The van der Waals surface area contributed by atoms with E-state index < -0.39 is 0 Å². The number of nitrogens with one attached hydrogen (secondary N) is 1. The third-order valence-corrected chi connectivity index (χ3v) is 3.20. The lowest BCUT2D eigenvalue weighted by Crippen LogP contribution is -2.22. The summed E-state index contributed by atoms with van der Waals surface area (Å²) in [6.45, 7) is 7.14. The Morgan fingerprint density at radius 3 is 2.79 bits per heavy atom. The van der Waals surface area contributed by atoms with Crippen LogP contribution in [0.15, 0.2) is 18.3 Å². The second kappa shape index (κ2) is 8.88. The molecule has 4 nitrogen and oxygen atoms in total. The van der Waals surface area contributed by atoms with E-state index in [0.29, 0.717) is 6.04 Å². The molecule has 19 heavy (non-hydrogen) atoms. The van der Waals surface area contributed by atoms with Crippen LogP contribution < -0.4 is 10.2 Å². The number of aromatic nitrogens is 1. The van der Waals surface area contributed by atoms with Crippen molar-refractivity contribution in [3.05, 3.63) is 24.0 Å². The minimum absolute atomic E-state index is 0.313. The topological polar surface area (TPSA) is 37.4 Å². The minimum Gasteiger partial charge on any atom is -0.385 e. The molecule has 0 aliphatic heterocycles. The quantitative estimate of drug-likeness (QED) is 0.696. The minimum atomic E-state index is 0.313. The monoisotopic (exact) mass is 265 g/mol. The molecule has 0 fully saturated rings. The number of pyridine rings is 1. The Bertz CT molecular complexity index is 340. The highest BCUT2D eigenvalue weighted by molar-refractivity contribution is 5.43. The summed E-state index contributed by atoms with van der Waals surface area (Å²) in [7, 11) is 3.83. The summed E-state index contributed by atoms with van der Waals surface area (Å²) in [6.07, 6.45) is 4.13.